The number of hydrogen-bond acceptors (Lipinski definition) is 3. The van der Waals surface area contributed by atoms with E-state index in [1.54, 1.807) is 7.11 Å². The number of aliphatic hydroxyl groups is 1. The van der Waals surface area contributed by atoms with Gasteiger partial charge in [0.05, 0.1) is 12.7 Å². The maximum Gasteiger partial charge on any atom is 0.321 e. The first-order valence-electron chi connectivity index (χ1n) is 9.05. The van der Waals surface area contributed by atoms with E-state index in [-0.39, 0.29) is 6.03 Å². The molecule has 1 aliphatic heterocycles. The van der Waals surface area contributed by atoms with E-state index in [0.29, 0.717) is 37.8 Å². The minimum atomic E-state index is -0.828. The Labute approximate surface area is 153 Å². The van der Waals surface area contributed by atoms with Gasteiger partial charge in [0, 0.05) is 18.8 Å². The maximum absolute atomic E-state index is 12.5. The predicted molar refractivity (Wildman–Crippen MR) is 100 cm³/mol. The van der Waals surface area contributed by atoms with Crippen LogP contribution in [0.15, 0.2) is 54.6 Å². The summed E-state index contributed by atoms with van der Waals surface area (Å²) in [5, 5.41) is 14.1. The molecule has 1 aliphatic carbocycles. The van der Waals surface area contributed by atoms with E-state index in [4.69, 9.17) is 4.74 Å². The lowest BCUT2D eigenvalue weighted by Crippen LogP contribution is -2.35. The molecule has 5 heteroatoms. The van der Waals surface area contributed by atoms with Gasteiger partial charge in [0.25, 0.3) is 0 Å². The fraction of sp³-hybridized carbons (Fsp3) is 0.381. The van der Waals surface area contributed by atoms with Gasteiger partial charge in [0.1, 0.15) is 5.75 Å². The normalized spacial score (nSPS) is 27.2. The largest absolute Gasteiger partial charge is 0.497 e. The van der Waals surface area contributed by atoms with E-state index in [2.05, 4.69) is 5.32 Å². The fourth-order valence-corrected chi connectivity index (χ4v) is 4.39. The topological polar surface area (TPSA) is 61.8 Å². The van der Waals surface area contributed by atoms with E-state index in [1.807, 2.05) is 59.5 Å². The van der Waals surface area contributed by atoms with Crippen LogP contribution < -0.4 is 10.1 Å². The summed E-state index contributed by atoms with van der Waals surface area (Å²) in [5.74, 6) is 1.41. The number of carbonyl (C=O) groups excluding carboxylic acids is 1. The van der Waals surface area contributed by atoms with Crippen LogP contribution in [0, 0.1) is 11.8 Å². The number of para-hydroxylation sites is 1. The van der Waals surface area contributed by atoms with Crippen LogP contribution in [0.5, 0.6) is 5.75 Å². The van der Waals surface area contributed by atoms with Gasteiger partial charge in [-0.25, -0.2) is 4.79 Å². The number of methoxy groups -OCH3 is 1. The lowest BCUT2D eigenvalue weighted by atomic mass is 9.90. The Hall–Kier alpha value is -2.53. The summed E-state index contributed by atoms with van der Waals surface area (Å²) in [6, 6.07) is 17.1. The number of anilines is 1. The molecule has 0 radical (unpaired) electrons. The third kappa shape index (κ3) is 3.15. The summed E-state index contributed by atoms with van der Waals surface area (Å²) in [7, 11) is 1.63. The number of ether oxygens (including phenoxy) is 1. The van der Waals surface area contributed by atoms with Crippen LogP contribution in [0.3, 0.4) is 0 Å². The van der Waals surface area contributed by atoms with E-state index in [0.717, 1.165) is 17.0 Å². The third-order valence-corrected chi connectivity index (χ3v) is 5.70. The molecule has 1 unspecified atom stereocenters. The molecule has 1 saturated carbocycles. The van der Waals surface area contributed by atoms with Crippen LogP contribution in [0.4, 0.5) is 10.5 Å². The molecule has 0 aromatic heterocycles. The Morgan fingerprint density at radius 3 is 2.46 bits per heavy atom. The van der Waals surface area contributed by atoms with Gasteiger partial charge in [0.15, 0.2) is 0 Å². The average molecular weight is 352 g/mol. The second-order valence-corrected chi connectivity index (χ2v) is 7.39. The highest BCUT2D eigenvalue weighted by molar-refractivity contribution is 5.89. The molecular formula is C21H24N2O3. The number of urea groups is 1. The van der Waals surface area contributed by atoms with Gasteiger partial charge in [-0.2, -0.15) is 0 Å². The Bertz CT molecular complexity index is 779. The van der Waals surface area contributed by atoms with Crippen molar-refractivity contribution < 1.29 is 14.6 Å². The van der Waals surface area contributed by atoms with Gasteiger partial charge < -0.3 is 20.1 Å². The molecule has 26 heavy (non-hydrogen) atoms. The summed E-state index contributed by atoms with van der Waals surface area (Å²) >= 11 is 0. The zero-order valence-corrected chi connectivity index (χ0v) is 14.9. The number of fused-ring (bicyclic) bond motifs is 1. The number of likely N-dealkylation sites (tertiary alicyclic amines) is 1. The number of hydrogen-bond donors (Lipinski definition) is 2. The first-order valence-corrected chi connectivity index (χ1v) is 9.05. The molecule has 2 aromatic carbocycles. The highest BCUT2D eigenvalue weighted by Crippen LogP contribution is 2.49. The number of benzene rings is 2. The Kier molecular flexibility index (Phi) is 4.32. The van der Waals surface area contributed by atoms with E-state index >= 15 is 0 Å². The van der Waals surface area contributed by atoms with Crippen LogP contribution in [-0.4, -0.2) is 36.2 Å². The minimum Gasteiger partial charge on any atom is -0.497 e. The van der Waals surface area contributed by atoms with E-state index in [1.165, 1.54) is 0 Å². The summed E-state index contributed by atoms with van der Waals surface area (Å²) in [6.07, 6.45) is 1.36. The first-order chi connectivity index (χ1) is 12.6. The smallest absolute Gasteiger partial charge is 0.321 e. The van der Waals surface area contributed by atoms with Crippen molar-refractivity contribution in [1.29, 1.82) is 0 Å². The van der Waals surface area contributed by atoms with Gasteiger partial charge >= 0.3 is 6.03 Å². The molecule has 0 bridgehead atoms. The SMILES string of the molecule is COc1cccc(C2(O)C[C@H]3CN(C(=O)Nc4ccccc4)C[C@H]3C2)c1. The number of carbonyl (C=O) groups is 1. The Morgan fingerprint density at radius 1 is 1.12 bits per heavy atom. The molecule has 0 spiro atoms. The summed E-state index contributed by atoms with van der Waals surface area (Å²) < 4.78 is 5.29. The molecule has 136 valence electrons. The molecule has 1 heterocycles. The van der Waals surface area contributed by atoms with Crippen LogP contribution in [-0.2, 0) is 5.60 Å². The standard InChI is InChI=1S/C21H24N2O3/c1-26-19-9-5-6-17(10-19)21(25)11-15-13-23(14-16(15)12-21)20(24)22-18-7-3-2-4-8-18/h2-10,15-16,25H,11-14H2,1H3,(H,22,24)/t15-,16+,21?. The molecule has 2 N–H and O–H groups in total. The number of nitrogens with zero attached hydrogens (tertiary/aromatic N) is 1. The van der Waals surface area contributed by atoms with Crippen LogP contribution >= 0.6 is 0 Å². The average Bonchev–Trinajstić information content (AvgIpc) is 3.18. The van der Waals surface area contributed by atoms with E-state index < -0.39 is 5.60 Å². The van der Waals surface area contributed by atoms with Crippen LogP contribution in [0.2, 0.25) is 0 Å². The molecule has 3 atom stereocenters. The van der Waals surface area contributed by atoms with Crippen molar-refractivity contribution in [1.82, 2.24) is 4.90 Å². The van der Waals surface area contributed by atoms with Crippen LogP contribution in [0.25, 0.3) is 0 Å². The zero-order chi connectivity index (χ0) is 18.1. The molecule has 2 aliphatic rings. The molecule has 5 nitrogen and oxygen atoms in total. The van der Waals surface area contributed by atoms with Crippen molar-refractivity contribution in [3.05, 3.63) is 60.2 Å². The summed E-state index contributed by atoms with van der Waals surface area (Å²) in [5.41, 5.74) is 0.889. The number of nitrogens with one attached hydrogen (secondary N) is 1. The highest BCUT2D eigenvalue weighted by Gasteiger charge is 2.50. The van der Waals surface area contributed by atoms with Gasteiger partial charge in [-0.15, -0.1) is 0 Å². The molecule has 2 amide bonds. The lowest BCUT2D eigenvalue weighted by molar-refractivity contribution is 0.0326. The molecule has 2 aromatic rings. The first kappa shape index (κ1) is 16.9. The van der Waals surface area contributed by atoms with Crippen molar-refractivity contribution >= 4 is 11.7 Å². The van der Waals surface area contributed by atoms with Crippen molar-refractivity contribution in [2.75, 3.05) is 25.5 Å². The molecule has 2 fully saturated rings. The lowest BCUT2D eigenvalue weighted by Gasteiger charge is -2.27. The Balaban J connectivity index is 1.41. The highest BCUT2D eigenvalue weighted by atomic mass is 16.5. The maximum atomic E-state index is 12.5. The predicted octanol–water partition coefficient (Wildman–Crippen LogP) is 3.46. The molecule has 4 rings (SSSR count). The third-order valence-electron chi connectivity index (χ3n) is 5.70. The van der Waals surface area contributed by atoms with E-state index in [9.17, 15) is 9.90 Å². The summed E-state index contributed by atoms with van der Waals surface area (Å²) in [6.45, 7) is 1.38. The number of amides is 2. The van der Waals surface area contributed by atoms with Gasteiger partial charge in [-0.3, -0.25) is 0 Å². The van der Waals surface area contributed by atoms with Gasteiger partial charge in [0.2, 0.25) is 0 Å². The molecule has 1 saturated heterocycles. The van der Waals surface area contributed by atoms with Crippen LogP contribution in [0.1, 0.15) is 18.4 Å². The summed E-state index contributed by atoms with van der Waals surface area (Å²) in [4.78, 5) is 14.4. The van der Waals surface area contributed by atoms with Crippen molar-refractivity contribution in [2.24, 2.45) is 11.8 Å². The minimum absolute atomic E-state index is 0.0597. The van der Waals surface area contributed by atoms with Gasteiger partial charge in [-0.1, -0.05) is 30.3 Å². The fourth-order valence-electron chi connectivity index (χ4n) is 4.39. The second-order valence-electron chi connectivity index (χ2n) is 7.39. The van der Waals surface area contributed by atoms with Crippen molar-refractivity contribution in [3.8, 4) is 5.75 Å². The van der Waals surface area contributed by atoms with Crippen molar-refractivity contribution in [3.63, 3.8) is 0 Å². The molecular weight excluding hydrogens is 328 g/mol. The monoisotopic (exact) mass is 352 g/mol. The second kappa shape index (κ2) is 6.65. The number of rotatable bonds is 3. The van der Waals surface area contributed by atoms with Gasteiger partial charge in [-0.05, 0) is 54.5 Å². The van der Waals surface area contributed by atoms with Crippen molar-refractivity contribution in [2.45, 2.75) is 18.4 Å². The Morgan fingerprint density at radius 2 is 1.81 bits per heavy atom. The zero-order valence-electron chi connectivity index (χ0n) is 14.9. The quantitative estimate of drug-likeness (QED) is 0.889.